The molecule has 130 valence electrons. The van der Waals surface area contributed by atoms with E-state index in [1.165, 1.54) is 31.2 Å². The first kappa shape index (κ1) is 16.2. The van der Waals surface area contributed by atoms with Gasteiger partial charge in [0, 0.05) is 11.5 Å². The van der Waals surface area contributed by atoms with Gasteiger partial charge in [-0.15, -0.1) is 0 Å². The largest absolute Gasteiger partial charge is 0.445 e. The Morgan fingerprint density at radius 2 is 1.76 bits per heavy atom. The summed E-state index contributed by atoms with van der Waals surface area (Å²) in [5.41, 5.74) is 2.73. The fourth-order valence-electron chi connectivity index (χ4n) is 4.49. The normalized spacial score (nSPS) is 27.7. The van der Waals surface area contributed by atoms with Gasteiger partial charge < -0.3 is 10.1 Å². The fourth-order valence-corrected chi connectivity index (χ4v) is 4.49. The van der Waals surface area contributed by atoms with Crippen LogP contribution in [-0.2, 0) is 16.8 Å². The van der Waals surface area contributed by atoms with Crippen molar-refractivity contribution in [2.45, 2.75) is 50.2 Å². The number of benzene rings is 2. The number of hydrogen-bond acceptors (Lipinski definition) is 2. The fraction of sp³-hybridized carbons (Fsp3) is 0.409. The summed E-state index contributed by atoms with van der Waals surface area (Å²) in [6, 6.07) is 20.9. The van der Waals surface area contributed by atoms with Crippen LogP contribution in [0.3, 0.4) is 0 Å². The van der Waals surface area contributed by atoms with Crippen molar-refractivity contribution >= 4 is 6.09 Å². The molecular weight excluding hydrogens is 310 g/mol. The van der Waals surface area contributed by atoms with Crippen LogP contribution in [0.1, 0.15) is 43.2 Å². The van der Waals surface area contributed by atoms with Crippen molar-refractivity contribution < 1.29 is 9.53 Å². The van der Waals surface area contributed by atoms with Gasteiger partial charge in [0.2, 0.25) is 0 Å². The average molecular weight is 335 g/mol. The third kappa shape index (κ3) is 3.41. The van der Waals surface area contributed by atoms with Crippen LogP contribution >= 0.6 is 0 Å². The van der Waals surface area contributed by atoms with Crippen LogP contribution in [0.2, 0.25) is 0 Å². The molecule has 25 heavy (non-hydrogen) atoms. The molecule has 3 nitrogen and oxygen atoms in total. The van der Waals surface area contributed by atoms with E-state index in [9.17, 15) is 4.79 Å². The van der Waals surface area contributed by atoms with Crippen molar-refractivity contribution in [1.82, 2.24) is 5.32 Å². The molecule has 3 heteroatoms. The number of rotatable bonds is 4. The molecule has 0 saturated heterocycles. The number of fused-ring (bicyclic) bond motifs is 1. The third-order valence-corrected chi connectivity index (χ3v) is 5.87. The van der Waals surface area contributed by atoms with Crippen molar-refractivity contribution in [3.8, 4) is 0 Å². The molecule has 0 aliphatic heterocycles. The minimum atomic E-state index is -0.287. The summed E-state index contributed by atoms with van der Waals surface area (Å²) < 4.78 is 5.43. The van der Waals surface area contributed by atoms with E-state index in [1.54, 1.807) is 0 Å². The summed E-state index contributed by atoms with van der Waals surface area (Å²) in [6.45, 7) is 0.327. The van der Waals surface area contributed by atoms with Crippen LogP contribution in [0.25, 0.3) is 0 Å². The van der Waals surface area contributed by atoms with Crippen LogP contribution in [0.5, 0.6) is 0 Å². The second kappa shape index (κ2) is 6.91. The van der Waals surface area contributed by atoms with E-state index >= 15 is 0 Å². The number of carbonyl (C=O) groups excluding carboxylic acids is 1. The zero-order valence-corrected chi connectivity index (χ0v) is 14.5. The molecule has 0 heterocycles. The van der Waals surface area contributed by atoms with E-state index < -0.39 is 0 Å². The lowest BCUT2D eigenvalue weighted by Gasteiger charge is -2.21. The number of alkyl carbamates (subject to hydrolysis) is 1. The van der Waals surface area contributed by atoms with Gasteiger partial charge in [0.05, 0.1) is 0 Å². The summed E-state index contributed by atoms with van der Waals surface area (Å²) in [4.78, 5) is 12.3. The van der Waals surface area contributed by atoms with Gasteiger partial charge in [-0.25, -0.2) is 4.79 Å². The highest BCUT2D eigenvalue weighted by Gasteiger charge is 2.58. The quantitative estimate of drug-likeness (QED) is 0.870. The van der Waals surface area contributed by atoms with Gasteiger partial charge >= 0.3 is 6.09 Å². The average Bonchev–Trinajstić information content (AvgIpc) is 3.41. The molecule has 0 bridgehead atoms. The minimum absolute atomic E-state index is 0.228. The van der Waals surface area contributed by atoms with Crippen molar-refractivity contribution in [2.24, 2.45) is 5.92 Å². The molecule has 4 rings (SSSR count). The first-order valence-corrected chi connectivity index (χ1v) is 9.31. The van der Waals surface area contributed by atoms with Gasteiger partial charge in [-0.2, -0.15) is 0 Å². The van der Waals surface area contributed by atoms with Crippen LogP contribution < -0.4 is 5.32 Å². The molecule has 0 radical (unpaired) electrons. The highest BCUT2D eigenvalue weighted by atomic mass is 16.5. The molecule has 1 amide bonds. The molecule has 0 spiro atoms. The summed E-state index contributed by atoms with van der Waals surface area (Å²) in [5.74, 6) is 0.543. The Kier molecular flexibility index (Phi) is 4.48. The lowest BCUT2D eigenvalue weighted by molar-refractivity contribution is 0.133. The van der Waals surface area contributed by atoms with E-state index in [4.69, 9.17) is 4.74 Å². The number of carbonyl (C=O) groups is 1. The maximum atomic E-state index is 12.3. The lowest BCUT2D eigenvalue weighted by Crippen LogP contribution is -2.38. The first-order chi connectivity index (χ1) is 12.3. The van der Waals surface area contributed by atoms with Crippen molar-refractivity contribution in [3.05, 3.63) is 71.8 Å². The molecule has 2 aliphatic carbocycles. The monoisotopic (exact) mass is 335 g/mol. The zero-order valence-electron chi connectivity index (χ0n) is 14.5. The number of amides is 1. The van der Waals surface area contributed by atoms with Crippen LogP contribution in [0, 0.1) is 5.92 Å². The number of nitrogens with one attached hydrogen (secondary N) is 1. The van der Waals surface area contributed by atoms with Crippen LogP contribution in [0.15, 0.2) is 60.7 Å². The standard InChI is InChI=1S/C22H25NO2/c24-21(25-16-17-9-3-1-4-10-17)23-20-13-7-8-14-22(15-19(20)22)18-11-5-2-6-12-18/h1-6,9-12,19-20H,7-8,13-16H2,(H,23,24)/t19-,20-,22-/m1/s1. The zero-order chi connectivity index (χ0) is 17.1. The summed E-state index contributed by atoms with van der Waals surface area (Å²) in [5, 5.41) is 3.15. The molecule has 2 fully saturated rings. The highest BCUT2D eigenvalue weighted by Crippen LogP contribution is 2.61. The van der Waals surface area contributed by atoms with Crippen molar-refractivity contribution in [2.75, 3.05) is 0 Å². The smallest absolute Gasteiger partial charge is 0.407 e. The molecule has 0 unspecified atom stereocenters. The highest BCUT2D eigenvalue weighted by molar-refractivity contribution is 5.68. The van der Waals surface area contributed by atoms with Gasteiger partial charge in [0.1, 0.15) is 6.61 Å². The van der Waals surface area contributed by atoms with Gasteiger partial charge in [0.15, 0.2) is 0 Å². The molecule has 0 aromatic heterocycles. The molecular formula is C22H25NO2. The topological polar surface area (TPSA) is 38.3 Å². The van der Waals surface area contributed by atoms with Crippen molar-refractivity contribution in [1.29, 1.82) is 0 Å². The van der Waals surface area contributed by atoms with E-state index in [1.807, 2.05) is 30.3 Å². The summed E-state index contributed by atoms with van der Waals surface area (Å²) in [7, 11) is 0. The maximum Gasteiger partial charge on any atom is 0.407 e. The second-order valence-electron chi connectivity index (χ2n) is 7.39. The SMILES string of the molecule is O=C(N[C@@H]1CCCC[C@]2(c3ccccc3)C[C@H]12)OCc1ccccc1. The van der Waals surface area contributed by atoms with Crippen LogP contribution in [0.4, 0.5) is 4.79 Å². The van der Waals surface area contributed by atoms with Gasteiger partial charge in [-0.1, -0.05) is 73.5 Å². The Morgan fingerprint density at radius 1 is 1.04 bits per heavy atom. The molecule has 1 N–H and O–H groups in total. The Morgan fingerprint density at radius 3 is 2.52 bits per heavy atom. The first-order valence-electron chi connectivity index (χ1n) is 9.31. The molecule has 2 saturated carbocycles. The number of hydrogen-bond donors (Lipinski definition) is 1. The maximum absolute atomic E-state index is 12.3. The van der Waals surface area contributed by atoms with E-state index in [2.05, 4.69) is 35.6 Å². The molecule has 2 aromatic carbocycles. The minimum Gasteiger partial charge on any atom is -0.445 e. The lowest BCUT2D eigenvalue weighted by atomic mass is 9.88. The number of ether oxygens (including phenoxy) is 1. The van der Waals surface area contributed by atoms with Gasteiger partial charge in [0.25, 0.3) is 0 Å². The predicted octanol–water partition coefficient (Wildman–Crippen LogP) is 4.81. The second-order valence-corrected chi connectivity index (χ2v) is 7.39. The Hall–Kier alpha value is -2.29. The molecule has 2 aromatic rings. The Bertz CT molecular complexity index is 715. The van der Waals surface area contributed by atoms with E-state index in [-0.39, 0.29) is 17.6 Å². The van der Waals surface area contributed by atoms with Crippen LogP contribution in [-0.4, -0.2) is 12.1 Å². The molecule has 3 atom stereocenters. The van der Waals surface area contributed by atoms with Crippen molar-refractivity contribution in [3.63, 3.8) is 0 Å². The summed E-state index contributed by atoms with van der Waals surface area (Å²) >= 11 is 0. The Labute approximate surface area is 149 Å². The predicted molar refractivity (Wildman–Crippen MR) is 98.2 cm³/mol. The van der Waals surface area contributed by atoms with Gasteiger partial charge in [-0.05, 0) is 36.3 Å². The summed E-state index contributed by atoms with van der Waals surface area (Å²) in [6.07, 6.45) is 5.60. The Balaban J connectivity index is 1.38. The molecule has 2 aliphatic rings. The third-order valence-electron chi connectivity index (χ3n) is 5.87. The van der Waals surface area contributed by atoms with E-state index in [0.717, 1.165) is 12.0 Å². The van der Waals surface area contributed by atoms with Gasteiger partial charge in [-0.3, -0.25) is 0 Å². The van der Waals surface area contributed by atoms with E-state index in [0.29, 0.717) is 12.5 Å².